The minimum absolute atomic E-state index is 0.0800. The zero-order valence-corrected chi connectivity index (χ0v) is 15.6. The van der Waals surface area contributed by atoms with Crippen molar-refractivity contribution in [2.24, 2.45) is 0 Å². The number of halogens is 2. The first kappa shape index (κ1) is 19.1. The van der Waals surface area contributed by atoms with Crippen LogP contribution in [-0.4, -0.2) is 26.7 Å². The molecule has 0 saturated heterocycles. The SMILES string of the molecule is N#Cc1c(N)ncnc1NCCc1nnc2ccccc2c1-c1cc(F)cc(F)c1. The predicted octanol–water partition coefficient (Wildman–Crippen LogP) is 3.47. The molecule has 0 aliphatic rings. The molecule has 7 nitrogen and oxygen atoms in total. The van der Waals surface area contributed by atoms with Crippen molar-refractivity contribution in [2.75, 3.05) is 17.6 Å². The maximum absolute atomic E-state index is 13.9. The summed E-state index contributed by atoms with van der Waals surface area (Å²) in [6.45, 7) is 0.336. The molecule has 0 atom stereocenters. The summed E-state index contributed by atoms with van der Waals surface area (Å²) >= 11 is 0. The second-order valence-electron chi connectivity index (χ2n) is 6.47. The van der Waals surface area contributed by atoms with E-state index in [-0.39, 0.29) is 11.4 Å². The highest BCUT2D eigenvalue weighted by molar-refractivity contribution is 5.95. The van der Waals surface area contributed by atoms with Crippen molar-refractivity contribution < 1.29 is 8.78 Å². The zero-order valence-electron chi connectivity index (χ0n) is 15.6. The third-order valence-corrected chi connectivity index (χ3v) is 4.53. The molecule has 0 fully saturated rings. The molecule has 0 spiro atoms. The average Bonchev–Trinajstić information content (AvgIpc) is 2.73. The van der Waals surface area contributed by atoms with Crippen LogP contribution in [0.1, 0.15) is 11.3 Å². The van der Waals surface area contributed by atoms with Gasteiger partial charge < -0.3 is 11.1 Å². The number of nitrogen functional groups attached to an aromatic ring is 1. The van der Waals surface area contributed by atoms with Crippen molar-refractivity contribution in [1.82, 2.24) is 20.2 Å². The van der Waals surface area contributed by atoms with Crippen LogP contribution >= 0.6 is 0 Å². The van der Waals surface area contributed by atoms with E-state index in [1.165, 1.54) is 18.5 Å². The first-order chi connectivity index (χ1) is 14.6. The Balaban J connectivity index is 1.71. The van der Waals surface area contributed by atoms with Crippen LogP contribution in [0.5, 0.6) is 0 Å². The summed E-state index contributed by atoms with van der Waals surface area (Å²) in [5.74, 6) is -0.969. The Morgan fingerprint density at radius 2 is 1.80 bits per heavy atom. The summed E-state index contributed by atoms with van der Waals surface area (Å²) in [6.07, 6.45) is 1.62. The molecular formula is C21H15F2N7. The molecule has 0 bridgehead atoms. The first-order valence-electron chi connectivity index (χ1n) is 9.02. The molecule has 3 N–H and O–H groups in total. The lowest BCUT2D eigenvalue weighted by Gasteiger charge is -2.13. The number of anilines is 2. The molecule has 4 rings (SSSR count). The van der Waals surface area contributed by atoms with Crippen LogP contribution in [0.2, 0.25) is 0 Å². The average molecular weight is 403 g/mol. The molecule has 0 unspecified atom stereocenters. The quantitative estimate of drug-likeness (QED) is 0.524. The lowest BCUT2D eigenvalue weighted by molar-refractivity contribution is 0.584. The number of nitrogens with one attached hydrogen (secondary N) is 1. The van der Waals surface area contributed by atoms with E-state index in [9.17, 15) is 14.0 Å². The van der Waals surface area contributed by atoms with Gasteiger partial charge in [-0.1, -0.05) is 18.2 Å². The molecule has 4 aromatic rings. The molecule has 148 valence electrons. The summed E-state index contributed by atoms with van der Waals surface area (Å²) in [5, 5.41) is 21.5. The van der Waals surface area contributed by atoms with Crippen molar-refractivity contribution in [1.29, 1.82) is 5.26 Å². The molecule has 2 aromatic carbocycles. The van der Waals surface area contributed by atoms with Crippen LogP contribution in [0, 0.1) is 23.0 Å². The zero-order chi connectivity index (χ0) is 21.1. The van der Waals surface area contributed by atoms with Crippen LogP contribution in [0.25, 0.3) is 22.0 Å². The monoisotopic (exact) mass is 403 g/mol. The Labute approximate surface area is 170 Å². The number of benzene rings is 2. The van der Waals surface area contributed by atoms with Crippen molar-refractivity contribution in [3.05, 3.63) is 71.7 Å². The van der Waals surface area contributed by atoms with Gasteiger partial charge in [0.2, 0.25) is 0 Å². The number of nitrogens with zero attached hydrogens (tertiary/aromatic N) is 5. The highest BCUT2D eigenvalue weighted by atomic mass is 19.1. The Morgan fingerprint density at radius 1 is 1.03 bits per heavy atom. The van der Waals surface area contributed by atoms with Gasteiger partial charge in [0.05, 0.1) is 11.2 Å². The van der Waals surface area contributed by atoms with Crippen LogP contribution in [0.3, 0.4) is 0 Å². The fourth-order valence-corrected chi connectivity index (χ4v) is 3.23. The second kappa shape index (κ2) is 8.05. The highest BCUT2D eigenvalue weighted by Crippen LogP contribution is 2.31. The minimum atomic E-state index is -0.676. The third-order valence-electron chi connectivity index (χ3n) is 4.53. The number of fused-ring (bicyclic) bond motifs is 1. The largest absolute Gasteiger partial charge is 0.382 e. The Kier molecular flexibility index (Phi) is 5.13. The van der Waals surface area contributed by atoms with Crippen LogP contribution in [0.15, 0.2) is 48.8 Å². The second-order valence-corrected chi connectivity index (χ2v) is 6.47. The van der Waals surface area contributed by atoms with Crippen LogP contribution in [0.4, 0.5) is 20.4 Å². The number of nitriles is 1. The molecule has 0 aliphatic heterocycles. The standard InChI is InChI=1S/C21H15F2N7/c22-13-7-12(8-14(23)9-13)19-15-3-1-2-4-17(15)29-30-18(19)5-6-26-21-16(10-24)20(25)27-11-28-21/h1-4,7-9,11H,5-6H2,(H3,25,26,27,28). The van der Waals surface area contributed by atoms with Crippen molar-refractivity contribution in [3.8, 4) is 17.2 Å². The number of hydrogen-bond acceptors (Lipinski definition) is 7. The van der Waals surface area contributed by atoms with Gasteiger partial charge in [0.1, 0.15) is 41.2 Å². The van der Waals surface area contributed by atoms with Crippen LogP contribution < -0.4 is 11.1 Å². The molecule has 9 heteroatoms. The molecular weight excluding hydrogens is 388 g/mol. The normalized spacial score (nSPS) is 10.7. The van der Waals surface area contributed by atoms with E-state index >= 15 is 0 Å². The van der Waals surface area contributed by atoms with E-state index in [0.29, 0.717) is 41.1 Å². The van der Waals surface area contributed by atoms with E-state index in [0.717, 1.165) is 11.5 Å². The number of nitrogens with two attached hydrogens (primary N) is 1. The van der Waals surface area contributed by atoms with Gasteiger partial charge in [0, 0.05) is 30.0 Å². The molecule has 0 saturated carbocycles. The van der Waals surface area contributed by atoms with Crippen molar-refractivity contribution >= 4 is 22.5 Å². The van der Waals surface area contributed by atoms with Gasteiger partial charge in [-0.3, -0.25) is 0 Å². The number of hydrogen-bond donors (Lipinski definition) is 2. The number of aromatic nitrogens is 4. The minimum Gasteiger partial charge on any atom is -0.382 e. The molecule has 2 aromatic heterocycles. The number of rotatable bonds is 5. The summed E-state index contributed by atoms with van der Waals surface area (Å²) in [6, 6.07) is 12.6. The maximum Gasteiger partial charge on any atom is 0.149 e. The van der Waals surface area contributed by atoms with Crippen molar-refractivity contribution in [2.45, 2.75) is 6.42 Å². The van der Waals surface area contributed by atoms with Gasteiger partial charge in [0.25, 0.3) is 0 Å². The van der Waals surface area contributed by atoms with E-state index in [1.807, 2.05) is 24.3 Å². The van der Waals surface area contributed by atoms with Crippen molar-refractivity contribution in [3.63, 3.8) is 0 Å². The van der Waals surface area contributed by atoms with E-state index in [1.54, 1.807) is 6.07 Å². The van der Waals surface area contributed by atoms with Gasteiger partial charge in [-0.25, -0.2) is 18.7 Å². The molecule has 0 amide bonds. The third kappa shape index (κ3) is 3.71. The molecule has 0 aliphatic carbocycles. The Hall–Kier alpha value is -4.19. The first-order valence-corrected chi connectivity index (χ1v) is 9.02. The molecule has 30 heavy (non-hydrogen) atoms. The fraction of sp³-hybridized carbons (Fsp3) is 0.0952. The predicted molar refractivity (Wildman–Crippen MR) is 108 cm³/mol. The summed E-state index contributed by atoms with van der Waals surface area (Å²) in [5.41, 5.74) is 7.98. The summed E-state index contributed by atoms with van der Waals surface area (Å²) in [7, 11) is 0. The molecule has 2 heterocycles. The maximum atomic E-state index is 13.9. The highest BCUT2D eigenvalue weighted by Gasteiger charge is 2.15. The topological polar surface area (TPSA) is 113 Å². The lowest BCUT2D eigenvalue weighted by Crippen LogP contribution is -2.12. The Morgan fingerprint density at radius 3 is 2.57 bits per heavy atom. The van der Waals surface area contributed by atoms with Crippen LogP contribution in [-0.2, 0) is 6.42 Å². The summed E-state index contributed by atoms with van der Waals surface area (Å²) in [4.78, 5) is 7.83. The molecule has 0 radical (unpaired) electrons. The fourth-order valence-electron chi connectivity index (χ4n) is 3.23. The van der Waals surface area contributed by atoms with Gasteiger partial charge in [0.15, 0.2) is 0 Å². The van der Waals surface area contributed by atoms with E-state index in [4.69, 9.17) is 5.73 Å². The smallest absolute Gasteiger partial charge is 0.149 e. The van der Waals surface area contributed by atoms with Gasteiger partial charge >= 0.3 is 0 Å². The Bertz CT molecular complexity index is 1260. The van der Waals surface area contributed by atoms with E-state index < -0.39 is 11.6 Å². The van der Waals surface area contributed by atoms with Gasteiger partial charge in [-0.15, -0.1) is 0 Å². The van der Waals surface area contributed by atoms with Gasteiger partial charge in [-0.2, -0.15) is 15.5 Å². The summed E-state index contributed by atoms with van der Waals surface area (Å²) < 4.78 is 27.8. The van der Waals surface area contributed by atoms with E-state index in [2.05, 4.69) is 25.5 Å². The van der Waals surface area contributed by atoms with Gasteiger partial charge in [-0.05, 0) is 23.8 Å². The lowest BCUT2D eigenvalue weighted by atomic mass is 9.97.